The fourth-order valence-electron chi connectivity index (χ4n) is 3.87. The van der Waals surface area contributed by atoms with Gasteiger partial charge >= 0.3 is 0 Å². The lowest BCUT2D eigenvalue weighted by Crippen LogP contribution is -2.25. The predicted molar refractivity (Wildman–Crippen MR) is 139 cm³/mol. The molecule has 0 fully saturated rings. The van der Waals surface area contributed by atoms with Gasteiger partial charge < -0.3 is 5.32 Å². The summed E-state index contributed by atoms with van der Waals surface area (Å²) in [6.45, 7) is 2.55. The Morgan fingerprint density at radius 3 is 2.62 bits per heavy atom. The lowest BCUT2D eigenvalue weighted by Gasteiger charge is -2.10. The maximum absolute atomic E-state index is 12.9. The van der Waals surface area contributed by atoms with Gasteiger partial charge in [0.1, 0.15) is 0 Å². The number of benzene rings is 3. The van der Waals surface area contributed by atoms with E-state index in [9.17, 15) is 4.79 Å². The summed E-state index contributed by atoms with van der Waals surface area (Å²) in [5.41, 5.74) is 6.44. The number of nitrogens with one attached hydrogen (secondary N) is 1. The summed E-state index contributed by atoms with van der Waals surface area (Å²) in [5.74, 6) is -0.109. The van der Waals surface area contributed by atoms with Crippen molar-refractivity contribution < 1.29 is 4.79 Å². The zero-order valence-electron chi connectivity index (χ0n) is 18.6. The second-order valence-corrected chi connectivity index (χ2v) is 9.56. The Kier molecular flexibility index (Phi) is 6.48. The minimum absolute atomic E-state index is 0.109. The Balaban J connectivity index is 1.47. The Morgan fingerprint density at radius 1 is 0.971 bits per heavy atom. The first-order valence-corrected chi connectivity index (χ1v) is 12.2. The van der Waals surface area contributed by atoms with Gasteiger partial charge in [0.15, 0.2) is 0 Å². The monoisotopic (exact) mass is 483 g/mol. The van der Waals surface area contributed by atoms with Crippen molar-refractivity contribution in [1.82, 2.24) is 10.3 Å². The highest BCUT2D eigenvalue weighted by molar-refractivity contribution is 7.99. The first-order chi connectivity index (χ1) is 16.6. The van der Waals surface area contributed by atoms with Crippen molar-refractivity contribution in [1.29, 1.82) is 0 Å². The summed E-state index contributed by atoms with van der Waals surface area (Å²) in [5, 5.41) is 3.74. The van der Waals surface area contributed by atoms with Crippen LogP contribution in [-0.2, 0) is 6.42 Å². The Bertz CT molecular complexity index is 1400. The maximum Gasteiger partial charge on any atom is 0.251 e. The average molecular weight is 484 g/mol. The third-order valence-corrected chi connectivity index (χ3v) is 7.26. The van der Waals surface area contributed by atoms with Gasteiger partial charge in [0.25, 0.3) is 5.91 Å². The van der Waals surface area contributed by atoms with Crippen LogP contribution < -0.4 is 5.32 Å². The molecule has 4 nitrogen and oxygen atoms in total. The van der Waals surface area contributed by atoms with E-state index in [0.29, 0.717) is 12.1 Å². The second kappa shape index (κ2) is 9.84. The standard InChI is InChI=1S/C28H22ClN3OS/c1-18-16-20(6-8-23(18)29)27-22-4-2-3-5-25(22)34-26-9-7-21(17-24(26)32-27)28(33)31-15-12-19-10-13-30-14-11-19/h2-11,13-14,16-17H,12,15H2,1H3,(H,31,33). The van der Waals surface area contributed by atoms with Crippen molar-refractivity contribution in [2.24, 2.45) is 4.99 Å². The normalized spacial score (nSPS) is 12.2. The van der Waals surface area contributed by atoms with Crippen LogP contribution in [0.1, 0.15) is 32.6 Å². The molecule has 1 aliphatic heterocycles. The van der Waals surface area contributed by atoms with Crippen molar-refractivity contribution in [3.05, 3.63) is 118 Å². The minimum Gasteiger partial charge on any atom is -0.352 e. The number of hydrogen-bond acceptors (Lipinski definition) is 4. The van der Waals surface area contributed by atoms with Crippen molar-refractivity contribution in [2.75, 3.05) is 6.54 Å². The van der Waals surface area contributed by atoms with E-state index in [4.69, 9.17) is 16.6 Å². The van der Waals surface area contributed by atoms with Gasteiger partial charge in [-0.25, -0.2) is 4.99 Å². The van der Waals surface area contributed by atoms with Crippen molar-refractivity contribution in [2.45, 2.75) is 23.1 Å². The molecule has 0 saturated heterocycles. The Morgan fingerprint density at radius 2 is 1.79 bits per heavy atom. The topological polar surface area (TPSA) is 54.4 Å². The molecule has 4 aromatic rings. The molecule has 0 unspecified atom stereocenters. The molecule has 0 spiro atoms. The van der Waals surface area contributed by atoms with Gasteiger partial charge in [-0.1, -0.05) is 47.6 Å². The Labute approximate surface area is 208 Å². The van der Waals surface area contributed by atoms with Crippen LogP contribution in [0.2, 0.25) is 5.02 Å². The fraction of sp³-hybridized carbons (Fsp3) is 0.107. The highest BCUT2D eigenvalue weighted by atomic mass is 35.5. The van der Waals surface area contributed by atoms with E-state index in [0.717, 1.165) is 54.9 Å². The summed E-state index contributed by atoms with van der Waals surface area (Å²) in [6, 6.07) is 23.8. The van der Waals surface area contributed by atoms with Crippen LogP contribution in [0.4, 0.5) is 5.69 Å². The fourth-order valence-corrected chi connectivity index (χ4v) is 4.99. The van der Waals surface area contributed by atoms with Crippen LogP contribution in [0.5, 0.6) is 0 Å². The zero-order chi connectivity index (χ0) is 23.5. The summed E-state index contributed by atoms with van der Waals surface area (Å²) in [4.78, 5) is 24.1. The molecule has 34 heavy (non-hydrogen) atoms. The molecular weight excluding hydrogens is 462 g/mol. The van der Waals surface area contributed by atoms with E-state index in [1.807, 2.05) is 61.5 Å². The lowest BCUT2D eigenvalue weighted by molar-refractivity contribution is 0.0954. The molecule has 0 aliphatic carbocycles. The van der Waals surface area contributed by atoms with E-state index in [1.165, 1.54) is 0 Å². The van der Waals surface area contributed by atoms with Crippen molar-refractivity contribution in [3.63, 3.8) is 0 Å². The third kappa shape index (κ3) is 4.76. The molecule has 0 bridgehead atoms. The number of amides is 1. The van der Waals surface area contributed by atoms with E-state index in [2.05, 4.69) is 28.5 Å². The van der Waals surface area contributed by atoms with Crippen LogP contribution in [-0.4, -0.2) is 23.1 Å². The third-order valence-electron chi connectivity index (χ3n) is 5.70. The lowest BCUT2D eigenvalue weighted by atomic mass is 10.00. The summed E-state index contributed by atoms with van der Waals surface area (Å²) in [6.07, 6.45) is 4.27. The number of aromatic nitrogens is 1. The van der Waals surface area contributed by atoms with Gasteiger partial charge in [0, 0.05) is 50.4 Å². The van der Waals surface area contributed by atoms with Crippen LogP contribution in [0.3, 0.4) is 0 Å². The van der Waals surface area contributed by atoms with Gasteiger partial charge in [-0.05, 0) is 73.0 Å². The SMILES string of the molecule is Cc1cc(C2=Nc3cc(C(=O)NCCc4ccncc4)ccc3Sc3ccccc32)ccc1Cl. The molecule has 0 saturated carbocycles. The molecule has 1 amide bonds. The van der Waals surface area contributed by atoms with Gasteiger partial charge in [0.05, 0.1) is 11.4 Å². The molecule has 6 heteroatoms. The van der Waals surface area contributed by atoms with Gasteiger partial charge in [-0.15, -0.1) is 0 Å². The van der Waals surface area contributed by atoms with Crippen LogP contribution in [0, 0.1) is 6.92 Å². The van der Waals surface area contributed by atoms with E-state index >= 15 is 0 Å². The van der Waals surface area contributed by atoms with Gasteiger partial charge in [-0.3, -0.25) is 9.78 Å². The van der Waals surface area contributed by atoms with E-state index < -0.39 is 0 Å². The number of nitrogens with zero attached hydrogens (tertiary/aromatic N) is 2. The number of halogens is 1. The van der Waals surface area contributed by atoms with Crippen LogP contribution in [0.15, 0.2) is 100.0 Å². The molecule has 0 radical (unpaired) electrons. The molecule has 1 aliphatic rings. The van der Waals surface area contributed by atoms with Crippen molar-refractivity contribution in [3.8, 4) is 0 Å². The number of hydrogen-bond donors (Lipinski definition) is 1. The summed E-state index contributed by atoms with van der Waals surface area (Å²) in [7, 11) is 0. The van der Waals surface area contributed by atoms with Crippen LogP contribution >= 0.6 is 23.4 Å². The van der Waals surface area contributed by atoms with E-state index in [-0.39, 0.29) is 5.91 Å². The first-order valence-electron chi connectivity index (χ1n) is 11.0. The number of carbonyl (C=O) groups is 1. The summed E-state index contributed by atoms with van der Waals surface area (Å²) < 4.78 is 0. The summed E-state index contributed by atoms with van der Waals surface area (Å²) >= 11 is 7.94. The highest BCUT2D eigenvalue weighted by Crippen LogP contribution is 2.41. The molecule has 5 rings (SSSR count). The molecule has 3 aromatic carbocycles. The highest BCUT2D eigenvalue weighted by Gasteiger charge is 2.20. The number of fused-ring (bicyclic) bond motifs is 2. The van der Waals surface area contributed by atoms with Crippen molar-refractivity contribution >= 4 is 40.7 Å². The largest absolute Gasteiger partial charge is 0.352 e. The van der Waals surface area contributed by atoms with E-state index in [1.54, 1.807) is 24.2 Å². The van der Waals surface area contributed by atoms with Crippen LogP contribution in [0.25, 0.3) is 0 Å². The smallest absolute Gasteiger partial charge is 0.251 e. The molecule has 1 N–H and O–H groups in total. The van der Waals surface area contributed by atoms with Gasteiger partial charge in [-0.2, -0.15) is 0 Å². The number of aliphatic imine (C=N–C) groups is 1. The average Bonchev–Trinajstić information content (AvgIpc) is 3.02. The maximum atomic E-state index is 12.9. The zero-order valence-corrected chi connectivity index (χ0v) is 20.2. The second-order valence-electron chi connectivity index (χ2n) is 8.07. The number of pyridine rings is 1. The predicted octanol–water partition coefficient (Wildman–Crippen LogP) is 6.65. The molecule has 1 aromatic heterocycles. The minimum atomic E-state index is -0.109. The Hall–Kier alpha value is -3.41. The number of carbonyl (C=O) groups excluding carboxylic acids is 1. The molecule has 168 valence electrons. The quantitative estimate of drug-likeness (QED) is 0.304. The first kappa shape index (κ1) is 22.4. The number of rotatable bonds is 5. The molecular formula is C28H22ClN3OS. The molecule has 0 atom stereocenters. The number of aryl methyl sites for hydroxylation is 1. The van der Waals surface area contributed by atoms with Gasteiger partial charge in [0.2, 0.25) is 0 Å². The molecule has 2 heterocycles.